The number of nitrogens with one attached hydrogen (secondary N) is 1. The van der Waals surface area contributed by atoms with Crippen molar-refractivity contribution >= 4 is 34.8 Å². The van der Waals surface area contributed by atoms with E-state index in [1.54, 1.807) is 48.5 Å². The summed E-state index contributed by atoms with van der Waals surface area (Å²) in [6.07, 6.45) is 3.17. The summed E-state index contributed by atoms with van der Waals surface area (Å²) in [5.41, 5.74) is 4.10. The summed E-state index contributed by atoms with van der Waals surface area (Å²) in [5.74, 6) is -1.47. The zero-order valence-corrected chi connectivity index (χ0v) is 19.5. The van der Waals surface area contributed by atoms with E-state index in [0.717, 1.165) is 16.7 Å². The smallest absolute Gasteiger partial charge is 0.269 e. The van der Waals surface area contributed by atoms with Gasteiger partial charge in [-0.15, -0.1) is 0 Å². The Labute approximate surface area is 207 Å². The van der Waals surface area contributed by atoms with Gasteiger partial charge in [0, 0.05) is 23.4 Å². The molecule has 0 unspecified atom stereocenters. The van der Waals surface area contributed by atoms with Crippen LogP contribution in [0.2, 0.25) is 0 Å². The van der Waals surface area contributed by atoms with Gasteiger partial charge < -0.3 is 5.32 Å². The van der Waals surface area contributed by atoms with Crippen molar-refractivity contribution < 1.29 is 19.3 Å². The van der Waals surface area contributed by atoms with Crippen LogP contribution in [0.25, 0.3) is 11.1 Å². The van der Waals surface area contributed by atoms with Crippen molar-refractivity contribution in [1.29, 1.82) is 0 Å². The number of anilines is 2. The summed E-state index contributed by atoms with van der Waals surface area (Å²) < 4.78 is 0. The van der Waals surface area contributed by atoms with Crippen LogP contribution in [0, 0.1) is 22.0 Å². The van der Waals surface area contributed by atoms with Gasteiger partial charge in [0.2, 0.25) is 11.8 Å². The van der Waals surface area contributed by atoms with Crippen LogP contribution in [0.3, 0.4) is 0 Å². The van der Waals surface area contributed by atoms with Gasteiger partial charge in [0.05, 0.1) is 22.4 Å². The van der Waals surface area contributed by atoms with Crippen LogP contribution in [-0.2, 0) is 9.59 Å². The van der Waals surface area contributed by atoms with Gasteiger partial charge in [0.25, 0.3) is 11.6 Å². The lowest BCUT2D eigenvalue weighted by Gasteiger charge is -2.18. The van der Waals surface area contributed by atoms with E-state index in [1.807, 2.05) is 25.1 Å². The second kappa shape index (κ2) is 9.22. The molecule has 5 rings (SSSR count). The van der Waals surface area contributed by atoms with E-state index in [1.165, 1.54) is 17.0 Å². The van der Waals surface area contributed by atoms with Crippen molar-refractivity contribution in [3.8, 4) is 11.1 Å². The molecular weight excluding hydrogens is 458 g/mol. The molecule has 3 amide bonds. The third kappa shape index (κ3) is 4.29. The summed E-state index contributed by atoms with van der Waals surface area (Å²) in [5, 5.41) is 13.7. The normalized spacial score (nSPS) is 19.0. The van der Waals surface area contributed by atoms with Gasteiger partial charge in [-0.3, -0.25) is 29.4 Å². The summed E-state index contributed by atoms with van der Waals surface area (Å²) in [6, 6.07) is 19.9. The number of carbonyl (C=O) groups is 3. The highest BCUT2D eigenvalue weighted by atomic mass is 16.6. The number of nitro benzene ring substituents is 1. The molecule has 0 saturated carbocycles. The lowest BCUT2D eigenvalue weighted by Crippen LogP contribution is -2.31. The number of allylic oxidation sites excluding steroid dienone is 2. The molecule has 180 valence electrons. The maximum absolute atomic E-state index is 13.0. The molecular formula is C28H23N3O5. The second-order valence-corrected chi connectivity index (χ2v) is 9.10. The molecule has 36 heavy (non-hydrogen) atoms. The molecule has 2 atom stereocenters. The first kappa shape index (κ1) is 23.2. The van der Waals surface area contributed by atoms with Crippen LogP contribution in [0.4, 0.5) is 17.1 Å². The van der Waals surface area contributed by atoms with Gasteiger partial charge in [-0.05, 0) is 73.4 Å². The van der Waals surface area contributed by atoms with Crippen LogP contribution >= 0.6 is 0 Å². The summed E-state index contributed by atoms with van der Waals surface area (Å²) in [6.45, 7) is 1.97. The molecule has 1 saturated heterocycles. The van der Waals surface area contributed by atoms with E-state index in [9.17, 15) is 24.5 Å². The van der Waals surface area contributed by atoms with Crippen molar-refractivity contribution in [3.63, 3.8) is 0 Å². The Bertz CT molecular complexity index is 1410. The van der Waals surface area contributed by atoms with Crippen molar-refractivity contribution in [2.45, 2.75) is 19.8 Å². The topological polar surface area (TPSA) is 110 Å². The Balaban J connectivity index is 1.30. The van der Waals surface area contributed by atoms with Crippen LogP contribution < -0.4 is 10.2 Å². The molecule has 0 radical (unpaired) electrons. The lowest BCUT2D eigenvalue weighted by molar-refractivity contribution is -0.384. The lowest BCUT2D eigenvalue weighted by atomic mass is 9.82. The molecule has 2 aliphatic rings. The minimum Gasteiger partial charge on any atom is -0.322 e. The van der Waals surface area contributed by atoms with Crippen molar-refractivity contribution in [2.24, 2.45) is 11.8 Å². The fourth-order valence-electron chi connectivity index (χ4n) is 4.80. The highest BCUT2D eigenvalue weighted by molar-refractivity contribution is 6.22. The van der Waals surface area contributed by atoms with E-state index in [2.05, 4.69) is 5.32 Å². The predicted molar refractivity (Wildman–Crippen MR) is 135 cm³/mol. The van der Waals surface area contributed by atoms with Crippen molar-refractivity contribution in [1.82, 2.24) is 0 Å². The number of nitro groups is 1. The number of carbonyl (C=O) groups excluding carboxylic acids is 3. The molecule has 1 aliphatic carbocycles. The van der Waals surface area contributed by atoms with Crippen LogP contribution in [-0.4, -0.2) is 22.6 Å². The molecule has 1 heterocycles. The first-order chi connectivity index (χ1) is 17.3. The Morgan fingerprint density at radius 2 is 1.58 bits per heavy atom. The standard InChI is InChI=1S/C28H23N3O5/c1-17-5-14-24-25(15-17)28(34)30(27(24)33)23-4-2-3-20(16-23)26(32)29-21-10-6-18(7-11-21)19-8-12-22(13-9-19)31(35)36/h2-13,16,24-25H,14-15H2,1H3,(H,29,32)/t24-,25+/m1/s1. The number of hydrogen-bond acceptors (Lipinski definition) is 5. The van der Waals surface area contributed by atoms with Crippen molar-refractivity contribution in [2.75, 3.05) is 10.2 Å². The van der Waals surface area contributed by atoms with Gasteiger partial charge in [-0.1, -0.05) is 29.8 Å². The molecule has 8 heteroatoms. The van der Waals surface area contributed by atoms with Gasteiger partial charge >= 0.3 is 0 Å². The number of nitrogens with zero attached hydrogens (tertiary/aromatic N) is 2. The third-order valence-corrected chi connectivity index (χ3v) is 6.74. The number of imide groups is 1. The fraction of sp³-hybridized carbons (Fsp3) is 0.179. The minimum absolute atomic E-state index is 0.0211. The first-order valence-corrected chi connectivity index (χ1v) is 11.6. The average Bonchev–Trinajstić information content (AvgIpc) is 3.13. The number of non-ortho nitro benzene ring substituents is 1. The third-order valence-electron chi connectivity index (χ3n) is 6.74. The van der Waals surface area contributed by atoms with E-state index in [-0.39, 0.29) is 35.2 Å². The number of benzene rings is 3. The maximum Gasteiger partial charge on any atom is 0.269 e. The monoisotopic (exact) mass is 481 g/mol. The first-order valence-electron chi connectivity index (χ1n) is 11.6. The maximum atomic E-state index is 13.0. The molecule has 0 bridgehead atoms. The number of rotatable bonds is 5. The summed E-state index contributed by atoms with van der Waals surface area (Å²) >= 11 is 0. The molecule has 3 aromatic carbocycles. The van der Waals surface area contributed by atoms with Crippen LogP contribution in [0.5, 0.6) is 0 Å². The number of hydrogen-bond donors (Lipinski definition) is 1. The van der Waals surface area contributed by atoms with Gasteiger partial charge in [-0.2, -0.15) is 0 Å². The van der Waals surface area contributed by atoms with Crippen molar-refractivity contribution in [3.05, 3.63) is 100 Å². The Hall–Kier alpha value is -4.59. The Morgan fingerprint density at radius 3 is 2.25 bits per heavy atom. The van der Waals surface area contributed by atoms with E-state index in [4.69, 9.17) is 0 Å². The zero-order valence-electron chi connectivity index (χ0n) is 19.5. The number of fused-ring (bicyclic) bond motifs is 1. The average molecular weight is 482 g/mol. The zero-order chi connectivity index (χ0) is 25.4. The van der Waals surface area contributed by atoms with E-state index >= 15 is 0 Å². The highest BCUT2D eigenvalue weighted by Crippen LogP contribution is 2.39. The molecule has 1 aliphatic heterocycles. The highest BCUT2D eigenvalue weighted by Gasteiger charge is 2.48. The van der Waals surface area contributed by atoms with Crippen LogP contribution in [0.15, 0.2) is 84.4 Å². The molecule has 3 aromatic rings. The molecule has 0 aromatic heterocycles. The molecule has 1 fully saturated rings. The SMILES string of the molecule is CC1=CC[C@H]2C(=O)N(c3cccc(C(=O)Nc4ccc(-c5ccc([N+](=O)[O-])cc5)cc4)c3)C(=O)[C@H]2C1. The Morgan fingerprint density at radius 1 is 0.944 bits per heavy atom. The van der Waals surface area contributed by atoms with Gasteiger partial charge in [0.15, 0.2) is 0 Å². The number of amides is 3. The van der Waals surface area contributed by atoms with E-state index in [0.29, 0.717) is 29.8 Å². The predicted octanol–water partition coefficient (Wildman–Crippen LogP) is 5.36. The fourth-order valence-corrected chi connectivity index (χ4v) is 4.80. The molecule has 8 nitrogen and oxygen atoms in total. The molecule has 0 spiro atoms. The van der Waals surface area contributed by atoms with Gasteiger partial charge in [0.1, 0.15) is 0 Å². The summed E-state index contributed by atoms with van der Waals surface area (Å²) in [7, 11) is 0. The largest absolute Gasteiger partial charge is 0.322 e. The Kier molecular flexibility index (Phi) is 5.93. The quantitative estimate of drug-likeness (QED) is 0.228. The second-order valence-electron chi connectivity index (χ2n) is 9.10. The van der Waals surface area contributed by atoms with Gasteiger partial charge in [-0.25, -0.2) is 0 Å². The molecule has 1 N–H and O–H groups in total. The van der Waals surface area contributed by atoms with Crippen LogP contribution in [0.1, 0.15) is 30.1 Å². The summed E-state index contributed by atoms with van der Waals surface area (Å²) in [4.78, 5) is 50.5. The minimum atomic E-state index is -0.446. The van der Waals surface area contributed by atoms with E-state index < -0.39 is 4.92 Å².